The average Bonchev–Trinajstić information content (AvgIpc) is 2.26. The number of nitrogens with zero attached hydrogens (tertiary/aromatic N) is 1. The molecule has 0 aliphatic heterocycles. The van der Waals surface area contributed by atoms with Crippen LogP contribution in [-0.2, 0) is 4.74 Å². The second-order valence-corrected chi connectivity index (χ2v) is 4.08. The predicted octanol–water partition coefficient (Wildman–Crippen LogP) is 2.83. The summed E-state index contributed by atoms with van der Waals surface area (Å²) in [5.74, 6) is 0.501. The van der Waals surface area contributed by atoms with E-state index in [1.54, 1.807) is 24.9 Å². The summed E-state index contributed by atoms with van der Waals surface area (Å²) in [6.45, 7) is 0.704. The lowest BCUT2D eigenvalue weighted by Crippen LogP contribution is -1.91. The first-order chi connectivity index (χ1) is 7.27. The summed E-state index contributed by atoms with van der Waals surface area (Å²) in [5.41, 5.74) is 0.400. The van der Waals surface area contributed by atoms with Crippen molar-refractivity contribution < 1.29 is 9.13 Å². The van der Waals surface area contributed by atoms with Crippen LogP contribution < -0.4 is 0 Å². The van der Waals surface area contributed by atoms with Crippen molar-refractivity contribution >= 4 is 11.8 Å². The molecule has 0 radical (unpaired) electrons. The van der Waals surface area contributed by atoms with Crippen LogP contribution in [0.4, 0.5) is 4.39 Å². The summed E-state index contributed by atoms with van der Waals surface area (Å²) in [4.78, 5) is 0.829. The van der Waals surface area contributed by atoms with Gasteiger partial charge in [-0.25, -0.2) is 4.39 Å². The van der Waals surface area contributed by atoms with E-state index >= 15 is 0 Å². The number of rotatable bonds is 5. The average molecular weight is 225 g/mol. The second-order valence-electron chi connectivity index (χ2n) is 2.95. The van der Waals surface area contributed by atoms with E-state index in [0.717, 1.165) is 17.1 Å². The normalized spacial score (nSPS) is 9.93. The highest BCUT2D eigenvalue weighted by atomic mass is 32.2. The lowest BCUT2D eigenvalue weighted by Gasteiger charge is -2.03. The Morgan fingerprint density at radius 3 is 3.00 bits per heavy atom. The zero-order chi connectivity index (χ0) is 11.1. The minimum atomic E-state index is -0.368. The summed E-state index contributed by atoms with van der Waals surface area (Å²) >= 11 is 1.55. The second kappa shape index (κ2) is 6.44. The molecule has 2 nitrogen and oxygen atoms in total. The molecule has 1 aromatic carbocycles. The van der Waals surface area contributed by atoms with Gasteiger partial charge in [0.05, 0.1) is 5.56 Å². The van der Waals surface area contributed by atoms with Crippen LogP contribution in [-0.4, -0.2) is 19.5 Å². The van der Waals surface area contributed by atoms with Gasteiger partial charge in [-0.3, -0.25) is 0 Å². The number of ether oxygens (including phenoxy) is 1. The van der Waals surface area contributed by atoms with Crippen molar-refractivity contribution in [2.75, 3.05) is 19.5 Å². The van der Waals surface area contributed by atoms with E-state index in [2.05, 4.69) is 0 Å². The molecule has 0 unspecified atom stereocenters. The van der Waals surface area contributed by atoms with Gasteiger partial charge in [0.1, 0.15) is 11.9 Å². The number of nitriles is 1. The smallest absolute Gasteiger partial charge is 0.124 e. The van der Waals surface area contributed by atoms with Crippen LogP contribution >= 0.6 is 11.8 Å². The minimum Gasteiger partial charge on any atom is -0.385 e. The maximum Gasteiger partial charge on any atom is 0.124 e. The third-order valence-electron chi connectivity index (χ3n) is 1.81. The van der Waals surface area contributed by atoms with Gasteiger partial charge < -0.3 is 4.74 Å². The van der Waals surface area contributed by atoms with Gasteiger partial charge in [0, 0.05) is 24.4 Å². The topological polar surface area (TPSA) is 33.0 Å². The Balaban J connectivity index is 2.57. The zero-order valence-electron chi connectivity index (χ0n) is 8.50. The first-order valence-electron chi connectivity index (χ1n) is 4.59. The van der Waals surface area contributed by atoms with Crippen molar-refractivity contribution in [2.24, 2.45) is 0 Å². The van der Waals surface area contributed by atoms with Crippen LogP contribution in [0.15, 0.2) is 23.1 Å². The van der Waals surface area contributed by atoms with Gasteiger partial charge in [-0.2, -0.15) is 5.26 Å². The van der Waals surface area contributed by atoms with Crippen LogP contribution in [0.5, 0.6) is 0 Å². The first kappa shape index (κ1) is 12.0. The van der Waals surface area contributed by atoms with E-state index in [4.69, 9.17) is 10.00 Å². The highest BCUT2D eigenvalue weighted by Gasteiger charge is 2.03. The lowest BCUT2D eigenvalue weighted by molar-refractivity contribution is 0.200. The molecule has 0 N–H and O–H groups in total. The van der Waals surface area contributed by atoms with E-state index < -0.39 is 0 Å². The van der Waals surface area contributed by atoms with Gasteiger partial charge in [0.25, 0.3) is 0 Å². The summed E-state index contributed by atoms with van der Waals surface area (Å²) in [5, 5.41) is 8.79. The van der Waals surface area contributed by atoms with E-state index in [1.807, 2.05) is 6.07 Å². The van der Waals surface area contributed by atoms with Crippen LogP contribution in [0.1, 0.15) is 12.0 Å². The van der Waals surface area contributed by atoms with E-state index in [9.17, 15) is 4.39 Å². The molecule has 80 valence electrons. The maximum absolute atomic E-state index is 12.8. The molecule has 0 aliphatic rings. The molecule has 1 aromatic rings. The minimum absolute atomic E-state index is 0.368. The summed E-state index contributed by atoms with van der Waals surface area (Å²) in [6, 6.07) is 6.27. The number of thioether (sulfide) groups is 1. The van der Waals surface area contributed by atoms with Gasteiger partial charge >= 0.3 is 0 Å². The van der Waals surface area contributed by atoms with Crippen molar-refractivity contribution in [1.29, 1.82) is 5.26 Å². The molecule has 4 heteroatoms. The molecule has 0 fully saturated rings. The van der Waals surface area contributed by atoms with Gasteiger partial charge in [-0.15, -0.1) is 11.8 Å². The molecule has 15 heavy (non-hydrogen) atoms. The van der Waals surface area contributed by atoms with E-state index in [-0.39, 0.29) is 5.82 Å². The highest BCUT2D eigenvalue weighted by molar-refractivity contribution is 7.99. The molecule has 0 aliphatic carbocycles. The third-order valence-corrected chi connectivity index (χ3v) is 2.97. The monoisotopic (exact) mass is 225 g/mol. The Labute approximate surface area is 93.1 Å². The number of hydrogen-bond donors (Lipinski definition) is 0. The molecule has 0 heterocycles. The Morgan fingerprint density at radius 1 is 1.53 bits per heavy atom. The number of methoxy groups -OCH3 is 1. The third kappa shape index (κ3) is 3.90. The van der Waals surface area contributed by atoms with E-state index in [0.29, 0.717) is 12.2 Å². The maximum atomic E-state index is 12.8. The number of benzene rings is 1. The largest absolute Gasteiger partial charge is 0.385 e. The van der Waals surface area contributed by atoms with Crippen molar-refractivity contribution in [3.63, 3.8) is 0 Å². The molecule has 0 saturated heterocycles. The van der Waals surface area contributed by atoms with E-state index in [1.165, 1.54) is 12.1 Å². The van der Waals surface area contributed by atoms with Crippen molar-refractivity contribution in [3.8, 4) is 6.07 Å². The fourth-order valence-electron chi connectivity index (χ4n) is 1.10. The fourth-order valence-corrected chi connectivity index (χ4v) is 2.01. The van der Waals surface area contributed by atoms with Gasteiger partial charge in [0.15, 0.2) is 0 Å². The fraction of sp³-hybridized carbons (Fsp3) is 0.364. The predicted molar refractivity (Wildman–Crippen MR) is 58.3 cm³/mol. The molecule has 0 atom stereocenters. The Morgan fingerprint density at radius 2 is 2.33 bits per heavy atom. The first-order valence-corrected chi connectivity index (χ1v) is 5.58. The lowest BCUT2D eigenvalue weighted by atomic mass is 10.2. The van der Waals surface area contributed by atoms with Crippen LogP contribution in [0.3, 0.4) is 0 Å². The summed E-state index contributed by atoms with van der Waals surface area (Å²) in [7, 11) is 1.66. The summed E-state index contributed by atoms with van der Waals surface area (Å²) < 4.78 is 17.7. The Kier molecular flexibility index (Phi) is 5.16. The van der Waals surface area contributed by atoms with Gasteiger partial charge in [-0.05, 0) is 24.6 Å². The van der Waals surface area contributed by atoms with Crippen molar-refractivity contribution in [1.82, 2.24) is 0 Å². The molecule has 0 aromatic heterocycles. The highest BCUT2D eigenvalue weighted by Crippen LogP contribution is 2.23. The number of halogens is 1. The SMILES string of the molecule is COCCCSc1ccc(F)cc1C#N. The van der Waals surface area contributed by atoms with Gasteiger partial charge in [0.2, 0.25) is 0 Å². The standard InChI is InChI=1S/C11H12FNOS/c1-14-5-2-6-15-11-4-3-10(12)7-9(11)8-13/h3-4,7H,2,5-6H2,1H3. The van der Waals surface area contributed by atoms with Crippen LogP contribution in [0.2, 0.25) is 0 Å². The summed E-state index contributed by atoms with van der Waals surface area (Å²) in [6.07, 6.45) is 0.920. The van der Waals surface area contributed by atoms with Gasteiger partial charge in [-0.1, -0.05) is 0 Å². The molecular weight excluding hydrogens is 213 g/mol. The molecule has 0 amide bonds. The molecular formula is C11H12FNOS. The quantitative estimate of drug-likeness (QED) is 0.570. The van der Waals surface area contributed by atoms with Crippen molar-refractivity contribution in [2.45, 2.75) is 11.3 Å². The van der Waals surface area contributed by atoms with Crippen molar-refractivity contribution in [3.05, 3.63) is 29.6 Å². The molecule has 1 rings (SSSR count). The van der Waals surface area contributed by atoms with Crippen LogP contribution in [0.25, 0.3) is 0 Å². The Hall–Kier alpha value is -1.05. The van der Waals surface area contributed by atoms with Crippen LogP contribution in [0, 0.1) is 17.1 Å². The zero-order valence-corrected chi connectivity index (χ0v) is 9.31. The Bertz CT molecular complexity index is 362. The number of hydrogen-bond acceptors (Lipinski definition) is 3. The molecule has 0 bridgehead atoms. The molecule has 0 saturated carbocycles. The molecule has 0 spiro atoms.